The normalized spacial score (nSPS) is 10.9. The molecule has 75 valence electrons. The molecule has 0 heterocycles. The van der Waals surface area contributed by atoms with Crippen LogP contribution in [0.3, 0.4) is 0 Å². The SMILES string of the molecule is COc1ccccc1/[C]=N/OC(C)C. The predicted molar refractivity (Wildman–Crippen MR) is 55.8 cm³/mol. The van der Waals surface area contributed by atoms with E-state index in [9.17, 15) is 0 Å². The molecule has 0 bridgehead atoms. The maximum absolute atomic E-state index is 5.12. The molecule has 0 saturated heterocycles. The minimum atomic E-state index is 0.0669. The summed E-state index contributed by atoms with van der Waals surface area (Å²) in [6.45, 7) is 3.82. The smallest absolute Gasteiger partial charge is 0.143 e. The van der Waals surface area contributed by atoms with E-state index in [4.69, 9.17) is 9.57 Å². The second-order valence-corrected chi connectivity index (χ2v) is 3.06. The van der Waals surface area contributed by atoms with E-state index in [0.29, 0.717) is 0 Å². The Hall–Kier alpha value is -1.51. The van der Waals surface area contributed by atoms with Crippen molar-refractivity contribution in [1.29, 1.82) is 0 Å². The van der Waals surface area contributed by atoms with Crippen molar-refractivity contribution in [3.63, 3.8) is 0 Å². The van der Waals surface area contributed by atoms with Gasteiger partial charge in [-0.15, -0.1) is 0 Å². The summed E-state index contributed by atoms with van der Waals surface area (Å²) in [5.74, 6) is 0.739. The molecular formula is C11H14NO2. The second-order valence-electron chi connectivity index (χ2n) is 3.06. The Morgan fingerprint density at radius 1 is 1.29 bits per heavy atom. The lowest BCUT2D eigenvalue weighted by Gasteiger charge is -2.03. The van der Waals surface area contributed by atoms with Crippen LogP contribution in [0, 0.1) is 0 Å². The van der Waals surface area contributed by atoms with Gasteiger partial charge in [0.25, 0.3) is 0 Å². The van der Waals surface area contributed by atoms with E-state index in [-0.39, 0.29) is 6.10 Å². The Kier molecular flexibility index (Phi) is 3.98. The fourth-order valence-electron chi connectivity index (χ4n) is 0.918. The van der Waals surface area contributed by atoms with Crippen LogP contribution >= 0.6 is 0 Å². The third-order valence-electron chi connectivity index (χ3n) is 1.54. The molecule has 0 aliphatic heterocycles. The summed E-state index contributed by atoms with van der Waals surface area (Å²) in [6.07, 6.45) is 2.84. The first kappa shape index (κ1) is 10.6. The van der Waals surface area contributed by atoms with Crippen molar-refractivity contribution in [1.82, 2.24) is 0 Å². The zero-order chi connectivity index (χ0) is 10.4. The van der Waals surface area contributed by atoms with Gasteiger partial charge in [0.15, 0.2) is 0 Å². The van der Waals surface area contributed by atoms with Gasteiger partial charge >= 0.3 is 0 Å². The molecule has 0 aromatic heterocycles. The molecule has 0 aliphatic rings. The molecular weight excluding hydrogens is 178 g/mol. The van der Waals surface area contributed by atoms with Gasteiger partial charge in [0.2, 0.25) is 0 Å². The molecule has 0 unspecified atom stereocenters. The summed E-state index contributed by atoms with van der Waals surface area (Å²) in [5, 5.41) is 3.72. The van der Waals surface area contributed by atoms with Gasteiger partial charge in [0, 0.05) is 5.56 Å². The number of hydrogen-bond acceptors (Lipinski definition) is 3. The third-order valence-corrected chi connectivity index (χ3v) is 1.54. The van der Waals surface area contributed by atoms with E-state index in [1.54, 1.807) is 7.11 Å². The zero-order valence-corrected chi connectivity index (χ0v) is 8.65. The molecule has 0 spiro atoms. The minimum Gasteiger partial charge on any atom is -0.496 e. The van der Waals surface area contributed by atoms with Gasteiger partial charge in [0.05, 0.1) is 7.11 Å². The van der Waals surface area contributed by atoms with Crippen LogP contribution in [0.1, 0.15) is 19.4 Å². The fraction of sp³-hybridized carbons (Fsp3) is 0.364. The second kappa shape index (κ2) is 5.27. The quantitative estimate of drug-likeness (QED) is 0.541. The first-order valence-electron chi connectivity index (χ1n) is 4.49. The van der Waals surface area contributed by atoms with Crippen LogP contribution in [0.2, 0.25) is 0 Å². The van der Waals surface area contributed by atoms with Gasteiger partial charge < -0.3 is 9.57 Å². The maximum Gasteiger partial charge on any atom is 0.143 e. The van der Waals surface area contributed by atoms with Crippen molar-refractivity contribution < 1.29 is 9.57 Å². The van der Waals surface area contributed by atoms with Crippen LogP contribution in [0.25, 0.3) is 0 Å². The lowest BCUT2D eigenvalue weighted by Crippen LogP contribution is -1.97. The third kappa shape index (κ3) is 3.09. The van der Waals surface area contributed by atoms with E-state index in [0.717, 1.165) is 11.3 Å². The number of para-hydroxylation sites is 1. The standard InChI is InChI=1S/C11H14NO2/c1-9(2)14-12-8-10-6-4-5-7-11(10)13-3/h4-7,9H,1-3H3. The molecule has 0 aliphatic carbocycles. The van der Waals surface area contributed by atoms with Crippen LogP contribution in [0.15, 0.2) is 29.4 Å². The summed E-state index contributed by atoms with van der Waals surface area (Å²) in [6, 6.07) is 7.52. The summed E-state index contributed by atoms with van der Waals surface area (Å²) in [7, 11) is 1.61. The van der Waals surface area contributed by atoms with Crippen LogP contribution in [0.4, 0.5) is 0 Å². The highest BCUT2D eigenvalue weighted by atomic mass is 16.6. The van der Waals surface area contributed by atoms with E-state index in [2.05, 4.69) is 11.4 Å². The molecule has 1 rings (SSSR count). The molecule has 0 fully saturated rings. The van der Waals surface area contributed by atoms with Gasteiger partial charge in [-0.3, -0.25) is 0 Å². The van der Waals surface area contributed by atoms with Crippen molar-refractivity contribution in [2.24, 2.45) is 5.16 Å². The van der Waals surface area contributed by atoms with Gasteiger partial charge in [0.1, 0.15) is 18.1 Å². The van der Waals surface area contributed by atoms with E-state index in [1.165, 1.54) is 0 Å². The van der Waals surface area contributed by atoms with E-state index >= 15 is 0 Å². The lowest BCUT2D eigenvalue weighted by molar-refractivity contribution is 0.0873. The molecule has 0 atom stereocenters. The predicted octanol–water partition coefficient (Wildman–Crippen LogP) is 2.33. The highest BCUT2D eigenvalue weighted by molar-refractivity contribution is 5.82. The number of hydrogen-bond donors (Lipinski definition) is 0. The van der Waals surface area contributed by atoms with Crippen LogP contribution in [-0.4, -0.2) is 19.4 Å². The van der Waals surface area contributed by atoms with Crippen molar-refractivity contribution in [3.8, 4) is 5.75 Å². The van der Waals surface area contributed by atoms with E-state index < -0.39 is 0 Å². The molecule has 1 aromatic carbocycles. The minimum absolute atomic E-state index is 0.0669. The Labute approximate surface area is 84.3 Å². The molecule has 0 saturated carbocycles. The first-order valence-corrected chi connectivity index (χ1v) is 4.49. The number of methoxy groups -OCH3 is 1. The molecule has 3 nitrogen and oxygen atoms in total. The number of rotatable bonds is 4. The molecule has 0 N–H and O–H groups in total. The van der Waals surface area contributed by atoms with Crippen LogP contribution < -0.4 is 4.74 Å². The topological polar surface area (TPSA) is 30.8 Å². The lowest BCUT2D eigenvalue weighted by atomic mass is 10.2. The average Bonchev–Trinajstić information content (AvgIpc) is 2.18. The summed E-state index contributed by atoms with van der Waals surface area (Å²) in [5.41, 5.74) is 0.788. The maximum atomic E-state index is 5.12. The van der Waals surface area contributed by atoms with Gasteiger partial charge in [-0.2, -0.15) is 0 Å². The monoisotopic (exact) mass is 192 g/mol. The Morgan fingerprint density at radius 2 is 2.00 bits per heavy atom. The Balaban J connectivity index is 2.70. The summed E-state index contributed by atoms with van der Waals surface area (Å²) in [4.78, 5) is 5.00. The average molecular weight is 192 g/mol. The summed E-state index contributed by atoms with van der Waals surface area (Å²) >= 11 is 0. The van der Waals surface area contributed by atoms with E-state index in [1.807, 2.05) is 38.1 Å². The zero-order valence-electron chi connectivity index (χ0n) is 8.65. The molecule has 1 radical (unpaired) electrons. The van der Waals surface area contributed by atoms with Crippen molar-refractivity contribution >= 4 is 6.21 Å². The van der Waals surface area contributed by atoms with Crippen molar-refractivity contribution in [2.75, 3.05) is 7.11 Å². The first-order chi connectivity index (χ1) is 6.74. The number of ether oxygens (including phenoxy) is 1. The van der Waals surface area contributed by atoms with Gasteiger partial charge in [-0.25, -0.2) is 0 Å². The number of nitrogens with zero attached hydrogens (tertiary/aromatic N) is 1. The van der Waals surface area contributed by atoms with Crippen molar-refractivity contribution in [2.45, 2.75) is 20.0 Å². The number of benzene rings is 1. The molecule has 14 heavy (non-hydrogen) atoms. The van der Waals surface area contributed by atoms with Crippen LogP contribution in [-0.2, 0) is 4.84 Å². The van der Waals surface area contributed by atoms with Crippen molar-refractivity contribution in [3.05, 3.63) is 29.8 Å². The Morgan fingerprint density at radius 3 is 2.64 bits per heavy atom. The fourth-order valence-corrected chi connectivity index (χ4v) is 0.918. The van der Waals surface area contributed by atoms with Crippen LogP contribution in [0.5, 0.6) is 5.75 Å². The Bertz CT molecular complexity index is 308. The summed E-state index contributed by atoms with van der Waals surface area (Å²) < 4.78 is 5.12. The highest BCUT2D eigenvalue weighted by Gasteiger charge is 1.98. The largest absolute Gasteiger partial charge is 0.496 e. The van der Waals surface area contributed by atoms with Gasteiger partial charge in [-0.05, 0) is 26.0 Å². The molecule has 3 heteroatoms. The molecule has 0 amide bonds. The highest BCUT2D eigenvalue weighted by Crippen LogP contribution is 2.14. The molecule has 1 aromatic rings. The van der Waals surface area contributed by atoms with Gasteiger partial charge in [-0.1, -0.05) is 17.3 Å².